The van der Waals surface area contributed by atoms with E-state index in [0.29, 0.717) is 5.89 Å². The maximum Gasteiger partial charge on any atom is 0.359 e. The Kier molecular flexibility index (Phi) is 4.09. The molecule has 3 rings (SSSR count). The van der Waals surface area contributed by atoms with Crippen molar-refractivity contribution in [3.8, 4) is 11.5 Å². The lowest BCUT2D eigenvalue weighted by molar-refractivity contribution is 0.0272. The number of hydrogen-bond acceptors (Lipinski definition) is 7. The molecule has 0 N–H and O–H groups in total. The molecule has 0 saturated heterocycles. The maximum absolute atomic E-state index is 11.9. The van der Waals surface area contributed by atoms with Crippen LogP contribution in [0.5, 0.6) is 0 Å². The van der Waals surface area contributed by atoms with E-state index in [2.05, 4.69) is 20.2 Å². The van der Waals surface area contributed by atoms with Gasteiger partial charge in [-0.1, -0.05) is 17.7 Å². The van der Waals surface area contributed by atoms with Gasteiger partial charge in [-0.25, -0.2) is 9.78 Å². The summed E-state index contributed by atoms with van der Waals surface area (Å²) in [6.45, 7) is 3.65. The highest BCUT2D eigenvalue weighted by Crippen LogP contribution is 2.23. The largest absolute Gasteiger partial charge is 0.448 e. The van der Waals surface area contributed by atoms with Gasteiger partial charge in [0.25, 0.3) is 5.89 Å². The van der Waals surface area contributed by atoms with Crippen LogP contribution >= 0.6 is 0 Å². The van der Waals surface area contributed by atoms with Crippen LogP contribution in [0.2, 0.25) is 0 Å². The van der Waals surface area contributed by atoms with Gasteiger partial charge in [0.05, 0.1) is 6.20 Å². The number of carbonyl (C=O) groups excluding carboxylic acids is 1. The van der Waals surface area contributed by atoms with Crippen LogP contribution in [-0.4, -0.2) is 26.1 Å². The maximum atomic E-state index is 11.9. The summed E-state index contributed by atoms with van der Waals surface area (Å²) in [6, 6.07) is 7.69. The van der Waals surface area contributed by atoms with Gasteiger partial charge in [-0.05, 0) is 26.0 Å². The third kappa shape index (κ3) is 3.39. The van der Waals surface area contributed by atoms with E-state index in [9.17, 15) is 4.79 Å². The molecule has 0 fully saturated rings. The predicted molar refractivity (Wildman–Crippen MR) is 80.3 cm³/mol. The van der Waals surface area contributed by atoms with Gasteiger partial charge in [-0.3, -0.25) is 4.98 Å². The van der Waals surface area contributed by atoms with Crippen molar-refractivity contribution in [2.24, 2.45) is 0 Å². The molecule has 0 bridgehead atoms. The Hall–Kier alpha value is -3.09. The first-order chi connectivity index (χ1) is 11.1. The quantitative estimate of drug-likeness (QED) is 0.684. The van der Waals surface area contributed by atoms with Gasteiger partial charge in [-0.15, -0.1) is 10.2 Å². The van der Waals surface area contributed by atoms with Crippen LogP contribution in [0.4, 0.5) is 0 Å². The van der Waals surface area contributed by atoms with Crippen LogP contribution in [0.3, 0.4) is 0 Å². The third-order valence-corrected chi connectivity index (χ3v) is 3.14. The van der Waals surface area contributed by atoms with Gasteiger partial charge in [0.2, 0.25) is 5.89 Å². The van der Waals surface area contributed by atoms with Crippen molar-refractivity contribution in [1.29, 1.82) is 0 Å². The molecule has 1 aromatic carbocycles. The van der Waals surface area contributed by atoms with E-state index in [1.165, 1.54) is 18.6 Å². The molecule has 0 radical (unpaired) electrons. The molecular formula is C16H14N4O3. The number of ether oxygens (including phenoxy) is 1. The number of rotatable bonds is 4. The molecule has 0 aliphatic rings. The Morgan fingerprint density at radius 1 is 1.17 bits per heavy atom. The number of carbonyl (C=O) groups is 1. The summed E-state index contributed by atoms with van der Waals surface area (Å²) in [5.74, 6) is 0.000836. The van der Waals surface area contributed by atoms with Crippen LogP contribution in [-0.2, 0) is 4.74 Å². The summed E-state index contributed by atoms with van der Waals surface area (Å²) in [7, 11) is 0. The van der Waals surface area contributed by atoms with Crippen molar-refractivity contribution in [1.82, 2.24) is 20.2 Å². The van der Waals surface area contributed by atoms with Gasteiger partial charge in [0.15, 0.2) is 11.8 Å². The van der Waals surface area contributed by atoms with E-state index in [-0.39, 0.29) is 11.6 Å². The summed E-state index contributed by atoms with van der Waals surface area (Å²) in [6.07, 6.45) is 3.55. The fraction of sp³-hybridized carbons (Fsp3) is 0.188. The normalized spacial score (nSPS) is 11.9. The first-order valence-corrected chi connectivity index (χ1v) is 7.01. The highest BCUT2D eigenvalue weighted by atomic mass is 16.6. The molecule has 1 atom stereocenters. The molecule has 116 valence electrons. The lowest BCUT2D eigenvalue weighted by Crippen LogP contribution is -2.11. The second-order valence-electron chi connectivity index (χ2n) is 4.95. The Bertz CT molecular complexity index is 800. The van der Waals surface area contributed by atoms with E-state index >= 15 is 0 Å². The zero-order chi connectivity index (χ0) is 16.2. The van der Waals surface area contributed by atoms with Crippen LogP contribution in [0.1, 0.15) is 35.0 Å². The van der Waals surface area contributed by atoms with Crippen molar-refractivity contribution in [2.75, 3.05) is 0 Å². The molecule has 0 spiro atoms. The van der Waals surface area contributed by atoms with Crippen LogP contribution < -0.4 is 0 Å². The minimum Gasteiger partial charge on any atom is -0.448 e. The molecular weight excluding hydrogens is 296 g/mol. The van der Waals surface area contributed by atoms with E-state index in [4.69, 9.17) is 9.15 Å². The molecule has 7 nitrogen and oxygen atoms in total. The van der Waals surface area contributed by atoms with Gasteiger partial charge < -0.3 is 9.15 Å². The molecule has 3 aromatic rings. The molecule has 0 aliphatic carbocycles. The number of benzene rings is 1. The van der Waals surface area contributed by atoms with E-state index in [0.717, 1.165) is 11.1 Å². The summed E-state index contributed by atoms with van der Waals surface area (Å²) in [5.41, 5.74) is 2.07. The van der Waals surface area contributed by atoms with Crippen molar-refractivity contribution < 1.29 is 13.9 Å². The van der Waals surface area contributed by atoms with Crippen molar-refractivity contribution in [2.45, 2.75) is 20.0 Å². The highest BCUT2D eigenvalue weighted by Gasteiger charge is 2.20. The molecule has 0 amide bonds. The second-order valence-corrected chi connectivity index (χ2v) is 4.95. The Morgan fingerprint density at radius 2 is 1.96 bits per heavy atom. The molecule has 2 heterocycles. The van der Waals surface area contributed by atoms with Crippen LogP contribution in [0, 0.1) is 6.92 Å². The minimum atomic E-state index is -0.684. The zero-order valence-corrected chi connectivity index (χ0v) is 12.6. The number of aryl methyl sites for hydroxylation is 1. The lowest BCUT2D eigenvalue weighted by Gasteiger charge is -2.08. The van der Waals surface area contributed by atoms with Crippen molar-refractivity contribution in [3.05, 3.63) is 60.0 Å². The zero-order valence-electron chi connectivity index (χ0n) is 12.6. The summed E-state index contributed by atoms with van der Waals surface area (Å²) in [5, 5.41) is 7.91. The number of esters is 1. The number of hydrogen-bond donors (Lipinski definition) is 0. The SMILES string of the molecule is Cc1ccc(-c2nnc([C@H](C)OC(=O)c3cnccn3)o2)cc1. The third-order valence-electron chi connectivity index (χ3n) is 3.14. The van der Waals surface area contributed by atoms with E-state index in [1.54, 1.807) is 6.92 Å². The van der Waals surface area contributed by atoms with Crippen LogP contribution in [0.15, 0.2) is 47.3 Å². The van der Waals surface area contributed by atoms with Gasteiger partial charge >= 0.3 is 5.97 Å². The summed E-state index contributed by atoms with van der Waals surface area (Å²) >= 11 is 0. The van der Waals surface area contributed by atoms with Gasteiger partial charge in [0, 0.05) is 18.0 Å². The Balaban J connectivity index is 1.72. The Morgan fingerprint density at radius 3 is 2.65 bits per heavy atom. The first kappa shape index (κ1) is 14.8. The predicted octanol–water partition coefficient (Wildman–Crippen LogP) is 2.75. The summed E-state index contributed by atoms with van der Waals surface area (Å²) in [4.78, 5) is 19.6. The molecule has 0 aliphatic heterocycles. The van der Waals surface area contributed by atoms with Gasteiger partial charge in [0.1, 0.15) is 0 Å². The average molecular weight is 310 g/mol. The molecule has 7 heteroatoms. The Labute approximate surface area is 132 Å². The smallest absolute Gasteiger partial charge is 0.359 e. The minimum absolute atomic E-state index is 0.123. The van der Waals surface area contributed by atoms with E-state index in [1.807, 2.05) is 31.2 Å². The summed E-state index contributed by atoms with van der Waals surface area (Å²) < 4.78 is 10.8. The van der Waals surface area contributed by atoms with Gasteiger partial charge in [-0.2, -0.15) is 0 Å². The topological polar surface area (TPSA) is 91.0 Å². The fourth-order valence-electron chi connectivity index (χ4n) is 1.89. The van der Waals surface area contributed by atoms with Crippen LogP contribution in [0.25, 0.3) is 11.5 Å². The first-order valence-electron chi connectivity index (χ1n) is 7.01. The average Bonchev–Trinajstić information content (AvgIpc) is 3.06. The molecule has 2 aromatic heterocycles. The monoisotopic (exact) mass is 310 g/mol. The number of aromatic nitrogens is 4. The number of nitrogens with zero attached hydrogens (tertiary/aromatic N) is 4. The molecule has 0 saturated carbocycles. The van der Waals surface area contributed by atoms with Crippen molar-refractivity contribution >= 4 is 5.97 Å². The second kappa shape index (κ2) is 6.35. The highest BCUT2D eigenvalue weighted by molar-refractivity contribution is 5.86. The lowest BCUT2D eigenvalue weighted by atomic mass is 10.1. The van der Waals surface area contributed by atoms with Crippen molar-refractivity contribution in [3.63, 3.8) is 0 Å². The standard InChI is InChI=1S/C16H14N4O3/c1-10-3-5-12(6-4-10)15-20-19-14(23-15)11(2)22-16(21)13-9-17-7-8-18-13/h3-9,11H,1-2H3/t11-/m0/s1. The van der Waals surface area contributed by atoms with E-state index < -0.39 is 12.1 Å². The molecule has 0 unspecified atom stereocenters. The fourth-order valence-corrected chi connectivity index (χ4v) is 1.89. The molecule has 23 heavy (non-hydrogen) atoms.